The van der Waals surface area contributed by atoms with E-state index in [9.17, 15) is 20.0 Å². The number of nitriles is 1. The number of allylic oxidation sites excluding steroid dienone is 1. The quantitative estimate of drug-likeness (QED) is 0.393. The summed E-state index contributed by atoms with van der Waals surface area (Å²) < 4.78 is 10.2. The molecule has 1 aliphatic heterocycles. The number of carbonyl (C=O) groups excluding carboxylic acids is 2. The largest absolute Gasteiger partial charge is 0.466 e. The van der Waals surface area contributed by atoms with Gasteiger partial charge in [-0.2, -0.15) is 5.26 Å². The van der Waals surface area contributed by atoms with Gasteiger partial charge in [0.05, 0.1) is 43.0 Å². The Balaban J connectivity index is 2.13. The second kappa shape index (κ2) is 11.7. The third kappa shape index (κ3) is 4.81. The Morgan fingerprint density at radius 3 is 2.17 bits per heavy atom. The smallest absolute Gasteiger partial charge is 0.355 e. The molecule has 3 aromatic rings. The number of ether oxygens (including phenoxy) is 2. The zero-order valence-corrected chi connectivity index (χ0v) is 23.0. The molecule has 2 unspecified atom stereocenters. The molecular formula is C31H28ClN3O5. The van der Waals surface area contributed by atoms with Crippen molar-refractivity contribution >= 4 is 29.2 Å². The number of nitrogens with zero attached hydrogens (tertiary/aromatic N) is 2. The SMILES string of the molecule is CCC(O)(c1ccccc1)c1cc(Cl)ccc1N1C(N)=C(C#N)C(c2ccccc2)C(C(=O)OC)=C1C(=O)OC. The summed E-state index contributed by atoms with van der Waals surface area (Å²) in [5.74, 6) is -2.86. The second-order valence-corrected chi connectivity index (χ2v) is 9.51. The maximum absolute atomic E-state index is 13.5. The maximum atomic E-state index is 13.5. The van der Waals surface area contributed by atoms with Crippen molar-refractivity contribution in [2.24, 2.45) is 5.73 Å². The van der Waals surface area contributed by atoms with Crippen molar-refractivity contribution in [2.75, 3.05) is 19.1 Å². The molecule has 0 fully saturated rings. The summed E-state index contributed by atoms with van der Waals surface area (Å²) >= 11 is 6.43. The standard InChI is InChI=1S/C31H28ClN3O5/c1-4-31(38,20-13-9-6-10-14-20)23-17-21(32)15-16-24(23)35-27(30(37)40-3)26(29(36)39-2)25(22(18-33)28(35)34)19-11-7-5-8-12-19/h5-17,25,38H,4,34H2,1-3H3. The summed E-state index contributed by atoms with van der Waals surface area (Å²) in [6.45, 7) is 1.80. The van der Waals surface area contributed by atoms with Crippen LogP contribution in [0.5, 0.6) is 0 Å². The average Bonchev–Trinajstić information content (AvgIpc) is 3.00. The molecule has 0 saturated carbocycles. The van der Waals surface area contributed by atoms with Gasteiger partial charge in [0, 0.05) is 10.6 Å². The van der Waals surface area contributed by atoms with Gasteiger partial charge in [-0.1, -0.05) is 79.2 Å². The number of hydrogen-bond donors (Lipinski definition) is 2. The van der Waals surface area contributed by atoms with E-state index >= 15 is 0 Å². The molecule has 1 aliphatic rings. The monoisotopic (exact) mass is 557 g/mol. The molecule has 1 heterocycles. The van der Waals surface area contributed by atoms with Gasteiger partial charge in [-0.05, 0) is 35.7 Å². The van der Waals surface area contributed by atoms with E-state index in [0.29, 0.717) is 21.7 Å². The molecule has 0 aromatic heterocycles. The summed E-state index contributed by atoms with van der Waals surface area (Å²) in [5, 5.41) is 22.8. The summed E-state index contributed by atoms with van der Waals surface area (Å²) in [7, 11) is 2.36. The molecule has 8 nitrogen and oxygen atoms in total. The zero-order chi connectivity index (χ0) is 29.0. The van der Waals surface area contributed by atoms with Crippen LogP contribution in [0.15, 0.2) is 102 Å². The van der Waals surface area contributed by atoms with Gasteiger partial charge in [-0.15, -0.1) is 0 Å². The summed E-state index contributed by atoms with van der Waals surface area (Å²) in [4.78, 5) is 28.1. The van der Waals surface area contributed by atoms with Gasteiger partial charge in [-0.25, -0.2) is 9.59 Å². The Morgan fingerprint density at radius 1 is 1.02 bits per heavy atom. The van der Waals surface area contributed by atoms with Crippen molar-refractivity contribution in [3.05, 3.63) is 123 Å². The fraction of sp³-hybridized carbons (Fsp3) is 0.194. The molecule has 0 amide bonds. The minimum Gasteiger partial charge on any atom is -0.466 e. The lowest BCUT2D eigenvalue weighted by Crippen LogP contribution is -2.42. The van der Waals surface area contributed by atoms with Crippen molar-refractivity contribution in [3.8, 4) is 6.07 Å². The Bertz CT molecular complexity index is 1550. The van der Waals surface area contributed by atoms with Crippen LogP contribution >= 0.6 is 11.6 Å². The average molecular weight is 558 g/mol. The first kappa shape index (κ1) is 28.4. The van der Waals surface area contributed by atoms with Crippen LogP contribution in [-0.2, 0) is 24.7 Å². The van der Waals surface area contributed by atoms with Crippen molar-refractivity contribution in [1.82, 2.24) is 0 Å². The first-order chi connectivity index (χ1) is 19.2. The number of aliphatic hydroxyl groups is 1. The molecule has 4 rings (SSSR count). The highest BCUT2D eigenvalue weighted by molar-refractivity contribution is 6.30. The Morgan fingerprint density at radius 2 is 1.62 bits per heavy atom. The van der Waals surface area contributed by atoms with E-state index in [2.05, 4.69) is 6.07 Å². The Labute approximate surface area is 237 Å². The highest BCUT2D eigenvalue weighted by Crippen LogP contribution is 2.47. The molecule has 0 saturated heterocycles. The minimum atomic E-state index is -1.59. The van der Waals surface area contributed by atoms with Crippen molar-refractivity contribution in [3.63, 3.8) is 0 Å². The van der Waals surface area contributed by atoms with Crippen LogP contribution in [0.1, 0.15) is 36.0 Å². The normalized spacial score (nSPS) is 16.7. The third-order valence-corrected chi connectivity index (χ3v) is 7.25. The van der Waals surface area contributed by atoms with E-state index in [0.717, 1.165) is 0 Å². The lowest BCUT2D eigenvalue weighted by molar-refractivity contribution is -0.139. The van der Waals surface area contributed by atoms with E-state index in [4.69, 9.17) is 26.8 Å². The number of carbonyl (C=O) groups is 2. The molecule has 0 bridgehead atoms. The molecule has 40 heavy (non-hydrogen) atoms. The van der Waals surface area contributed by atoms with Gasteiger partial charge < -0.3 is 20.3 Å². The highest BCUT2D eigenvalue weighted by atomic mass is 35.5. The molecule has 2 atom stereocenters. The first-order valence-corrected chi connectivity index (χ1v) is 12.8. The predicted molar refractivity (Wildman–Crippen MR) is 151 cm³/mol. The number of anilines is 1. The summed E-state index contributed by atoms with van der Waals surface area (Å²) in [6, 6.07) is 24.5. The van der Waals surface area contributed by atoms with Crippen LogP contribution in [0, 0.1) is 11.3 Å². The van der Waals surface area contributed by atoms with Crippen molar-refractivity contribution in [1.29, 1.82) is 5.26 Å². The number of nitrogens with two attached hydrogens (primary N) is 1. The van der Waals surface area contributed by atoms with E-state index < -0.39 is 23.5 Å². The molecule has 0 spiro atoms. The third-order valence-electron chi connectivity index (χ3n) is 7.02. The number of methoxy groups -OCH3 is 2. The zero-order valence-electron chi connectivity index (χ0n) is 22.2. The van der Waals surface area contributed by atoms with Gasteiger partial charge in [0.25, 0.3) is 0 Å². The number of rotatable bonds is 7. The number of benzene rings is 3. The van der Waals surface area contributed by atoms with Gasteiger partial charge in [0.1, 0.15) is 17.1 Å². The number of halogens is 1. The molecule has 9 heteroatoms. The number of hydrogen-bond acceptors (Lipinski definition) is 8. The van der Waals surface area contributed by atoms with E-state index in [-0.39, 0.29) is 34.8 Å². The van der Waals surface area contributed by atoms with Crippen molar-refractivity contribution in [2.45, 2.75) is 24.9 Å². The first-order valence-electron chi connectivity index (χ1n) is 12.5. The van der Waals surface area contributed by atoms with Crippen LogP contribution in [0.3, 0.4) is 0 Å². The minimum absolute atomic E-state index is 0.0138. The van der Waals surface area contributed by atoms with E-state index in [1.165, 1.54) is 19.1 Å². The predicted octanol–water partition coefficient (Wildman–Crippen LogP) is 4.88. The van der Waals surface area contributed by atoms with Gasteiger partial charge >= 0.3 is 11.9 Å². The van der Waals surface area contributed by atoms with Gasteiger partial charge in [0.2, 0.25) is 0 Å². The fourth-order valence-electron chi connectivity index (χ4n) is 5.06. The van der Waals surface area contributed by atoms with E-state index in [1.54, 1.807) is 79.7 Å². The van der Waals surface area contributed by atoms with E-state index in [1.807, 2.05) is 6.07 Å². The summed E-state index contributed by atoms with van der Waals surface area (Å²) in [5.41, 5.74) is 6.40. The second-order valence-electron chi connectivity index (χ2n) is 9.08. The van der Waals surface area contributed by atoms with Crippen LogP contribution in [-0.4, -0.2) is 31.3 Å². The molecule has 3 N–H and O–H groups in total. The van der Waals surface area contributed by atoms with Crippen molar-refractivity contribution < 1.29 is 24.2 Å². The lowest BCUT2D eigenvalue weighted by atomic mass is 9.79. The molecule has 0 radical (unpaired) electrons. The molecule has 0 aliphatic carbocycles. The maximum Gasteiger partial charge on any atom is 0.355 e. The Hall–Kier alpha value is -4.58. The number of esters is 2. The lowest BCUT2D eigenvalue weighted by Gasteiger charge is -2.39. The topological polar surface area (TPSA) is 126 Å². The molecular weight excluding hydrogens is 530 g/mol. The summed E-state index contributed by atoms with van der Waals surface area (Å²) in [6.07, 6.45) is 0.223. The van der Waals surface area contributed by atoms with Gasteiger partial charge in [0.15, 0.2) is 0 Å². The van der Waals surface area contributed by atoms with Gasteiger partial charge in [-0.3, -0.25) is 4.90 Å². The molecule has 3 aromatic carbocycles. The van der Waals surface area contributed by atoms with Crippen LogP contribution in [0.4, 0.5) is 5.69 Å². The Kier molecular flexibility index (Phi) is 8.29. The fourth-order valence-corrected chi connectivity index (χ4v) is 5.23. The van der Waals surface area contributed by atoms with Crippen LogP contribution < -0.4 is 10.6 Å². The molecule has 204 valence electrons. The van der Waals surface area contributed by atoms with Crippen LogP contribution in [0.2, 0.25) is 5.02 Å². The van der Waals surface area contributed by atoms with Crippen LogP contribution in [0.25, 0.3) is 0 Å². The highest BCUT2D eigenvalue weighted by Gasteiger charge is 2.45.